The largest absolute Gasteiger partial charge is 0.475 e. The number of nitrogens with one attached hydrogen (secondary N) is 1. The van der Waals surface area contributed by atoms with Gasteiger partial charge in [0.15, 0.2) is 0 Å². The van der Waals surface area contributed by atoms with Gasteiger partial charge in [-0.05, 0) is 36.7 Å². The first kappa shape index (κ1) is 14.8. The summed E-state index contributed by atoms with van der Waals surface area (Å²) in [6.07, 6.45) is 1.20. The van der Waals surface area contributed by atoms with Crippen LogP contribution in [0.1, 0.15) is 20.8 Å². The number of nitrogens with zero attached hydrogens (tertiary/aromatic N) is 2. The fraction of sp³-hybridized carbons (Fsp3) is 0.636. The van der Waals surface area contributed by atoms with E-state index in [2.05, 4.69) is 26.3 Å². The second kappa shape index (κ2) is 6.08. The Balaban J connectivity index is 2.25. The molecule has 0 saturated carbocycles. The number of aryl methyl sites for hydroxylation is 1. The predicted octanol–water partition coefficient (Wildman–Crippen LogP) is 2.09. The summed E-state index contributed by atoms with van der Waals surface area (Å²) < 4.78 is 12.9. The van der Waals surface area contributed by atoms with Crippen LogP contribution in [0, 0.1) is 0 Å². The number of amides is 1. The van der Waals surface area contributed by atoms with Crippen molar-refractivity contribution in [3.8, 4) is 5.88 Å². The number of hydrogen-bond donors (Lipinski definition) is 1. The molecule has 0 unspecified atom stereocenters. The molecule has 0 aromatic carbocycles. The first-order chi connectivity index (χ1) is 8.29. The highest BCUT2D eigenvalue weighted by Gasteiger charge is 2.15. The lowest BCUT2D eigenvalue weighted by molar-refractivity contribution is 0.0519. The summed E-state index contributed by atoms with van der Waals surface area (Å²) in [5.41, 5.74) is -0.490. The van der Waals surface area contributed by atoms with E-state index in [-0.39, 0.29) is 0 Å². The molecule has 0 atom stereocenters. The Kier molecular flexibility index (Phi) is 5.01. The van der Waals surface area contributed by atoms with E-state index in [0.29, 0.717) is 19.0 Å². The van der Waals surface area contributed by atoms with Gasteiger partial charge < -0.3 is 14.8 Å². The molecule has 0 radical (unpaired) electrons. The van der Waals surface area contributed by atoms with Gasteiger partial charge in [0.1, 0.15) is 12.2 Å². The van der Waals surface area contributed by atoms with Crippen LogP contribution in [-0.2, 0) is 11.8 Å². The zero-order valence-electron chi connectivity index (χ0n) is 11.0. The normalized spacial score (nSPS) is 11.2. The maximum Gasteiger partial charge on any atom is 0.407 e. The maximum absolute atomic E-state index is 11.3. The molecule has 0 saturated heterocycles. The Hall–Kier alpha value is -1.24. The summed E-state index contributed by atoms with van der Waals surface area (Å²) in [5, 5.41) is 6.62. The third-order valence-electron chi connectivity index (χ3n) is 1.85. The zero-order valence-corrected chi connectivity index (χ0v) is 12.6. The molecule has 0 aliphatic rings. The van der Waals surface area contributed by atoms with E-state index < -0.39 is 11.7 Å². The molecule has 1 aromatic heterocycles. The van der Waals surface area contributed by atoms with Crippen LogP contribution >= 0.6 is 15.9 Å². The zero-order chi connectivity index (χ0) is 13.8. The van der Waals surface area contributed by atoms with Crippen molar-refractivity contribution in [3.63, 3.8) is 0 Å². The van der Waals surface area contributed by atoms with Crippen LogP contribution in [0.15, 0.2) is 10.7 Å². The molecule has 1 amide bonds. The van der Waals surface area contributed by atoms with Crippen molar-refractivity contribution in [2.45, 2.75) is 26.4 Å². The fourth-order valence-corrected chi connectivity index (χ4v) is 1.64. The molecule has 1 aromatic rings. The Morgan fingerprint density at radius 2 is 2.22 bits per heavy atom. The molecule has 6 nitrogen and oxygen atoms in total. The summed E-state index contributed by atoms with van der Waals surface area (Å²) in [6.45, 7) is 6.16. The van der Waals surface area contributed by atoms with Crippen LogP contribution < -0.4 is 10.1 Å². The fourth-order valence-electron chi connectivity index (χ4n) is 1.18. The summed E-state index contributed by atoms with van der Waals surface area (Å²) in [7, 11) is 1.78. The Morgan fingerprint density at radius 1 is 1.56 bits per heavy atom. The summed E-state index contributed by atoms with van der Waals surface area (Å²) in [6, 6.07) is 0. The molecule has 1 N–H and O–H groups in total. The monoisotopic (exact) mass is 319 g/mol. The lowest BCUT2D eigenvalue weighted by Crippen LogP contribution is -2.34. The number of hydrogen-bond acceptors (Lipinski definition) is 4. The second-order valence-electron chi connectivity index (χ2n) is 4.70. The number of ether oxygens (including phenoxy) is 2. The third kappa shape index (κ3) is 4.95. The molecule has 18 heavy (non-hydrogen) atoms. The molecule has 0 bridgehead atoms. The Morgan fingerprint density at radius 3 is 2.72 bits per heavy atom. The van der Waals surface area contributed by atoms with Gasteiger partial charge in [-0.25, -0.2) is 9.48 Å². The lowest BCUT2D eigenvalue weighted by Gasteiger charge is -2.19. The highest BCUT2D eigenvalue weighted by molar-refractivity contribution is 9.10. The first-order valence-electron chi connectivity index (χ1n) is 5.57. The average Bonchev–Trinajstić information content (AvgIpc) is 2.52. The molecule has 0 spiro atoms. The van der Waals surface area contributed by atoms with Crippen molar-refractivity contribution >= 4 is 22.0 Å². The number of aromatic nitrogens is 2. The topological polar surface area (TPSA) is 65.4 Å². The van der Waals surface area contributed by atoms with E-state index >= 15 is 0 Å². The first-order valence-corrected chi connectivity index (χ1v) is 6.36. The summed E-state index contributed by atoms with van der Waals surface area (Å²) in [4.78, 5) is 11.3. The Labute approximate surface area is 115 Å². The van der Waals surface area contributed by atoms with Crippen LogP contribution in [0.4, 0.5) is 4.79 Å². The molecular weight excluding hydrogens is 302 g/mol. The second-order valence-corrected chi connectivity index (χ2v) is 5.55. The van der Waals surface area contributed by atoms with Crippen LogP contribution in [-0.4, -0.2) is 34.6 Å². The molecule has 1 heterocycles. The predicted molar refractivity (Wildman–Crippen MR) is 70.6 cm³/mol. The van der Waals surface area contributed by atoms with Gasteiger partial charge in [0, 0.05) is 7.05 Å². The van der Waals surface area contributed by atoms with Gasteiger partial charge in [-0.2, -0.15) is 5.10 Å². The van der Waals surface area contributed by atoms with Crippen LogP contribution in [0.3, 0.4) is 0 Å². The minimum Gasteiger partial charge on any atom is -0.475 e. The van der Waals surface area contributed by atoms with E-state index in [1.807, 2.05) is 20.8 Å². The molecule has 0 aliphatic heterocycles. The van der Waals surface area contributed by atoms with Crippen LogP contribution in [0.5, 0.6) is 5.88 Å². The van der Waals surface area contributed by atoms with Crippen LogP contribution in [0.2, 0.25) is 0 Å². The van der Waals surface area contributed by atoms with E-state index in [1.54, 1.807) is 17.9 Å². The van der Waals surface area contributed by atoms with Gasteiger partial charge >= 0.3 is 6.09 Å². The van der Waals surface area contributed by atoms with Crippen molar-refractivity contribution < 1.29 is 14.3 Å². The van der Waals surface area contributed by atoms with Gasteiger partial charge in [0.2, 0.25) is 5.88 Å². The molecule has 7 heteroatoms. The van der Waals surface area contributed by atoms with Crippen LogP contribution in [0.25, 0.3) is 0 Å². The molecule has 0 aliphatic carbocycles. The van der Waals surface area contributed by atoms with Crippen molar-refractivity contribution in [1.82, 2.24) is 15.1 Å². The maximum atomic E-state index is 11.3. The van der Waals surface area contributed by atoms with Crippen molar-refractivity contribution in [2.75, 3.05) is 13.2 Å². The molecule has 102 valence electrons. The number of alkyl carbamates (subject to hydrolysis) is 1. The van der Waals surface area contributed by atoms with Crippen molar-refractivity contribution in [1.29, 1.82) is 0 Å². The van der Waals surface area contributed by atoms with E-state index in [9.17, 15) is 4.79 Å². The van der Waals surface area contributed by atoms with Gasteiger partial charge in [0.05, 0.1) is 17.2 Å². The molecule has 1 rings (SSSR count). The van der Waals surface area contributed by atoms with E-state index in [1.165, 1.54) is 0 Å². The standard InChI is InChI=1S/C11H18BrN3O3/c1-11(2,3)18-10(16)13-5-6-17-9-8(12)7-14-15(9)4/h7H,5-6H2,1-4H3,(H,13,16). The van der Waals surface area contributed by atoms with Gasteiger partial charge in [0.25, 0.3) is 0 Å². The summed E-state index contributed by atoms with van der Waals surface area (Å²) in [5.74, 6) is 0.626. The number of carbonyl (C=O) groups is 1. The van der Waals surface area contributed by atoms with Gasteiger partial charge in [-0.15, -0.1) is 0 Å². The number of carbonyl (C=O) groups excluding carboxylic acids is 1. The van der Waals surface area contributed by atoms with E-state index in [0.717, 1.165) is 4.47 Å². The highest BCUT2D eigenvalue weighted by Crippen LogP contribution is 2.22. The SMILES string of the molecule is Cn1ncc(Br)c1OCCNC(=O)OC(C)(C)C. The minimum atomic E-state index is -0.490. The molecule has 0 fully saturated rings. The Bertz CT molecular complexity index is 393. The number of rotatable bonds is 4. The van der Waals surface area contributed by atoms with Gasteiger partial charge in [-0.3, -0.25) is 0 Å². The minimum absolute atomic E-state index is 0.345. The molecular formula is C11H18BrN3O3. The summed E-state index contributed by atoms with van der Waals surface area (Å²) >= 11 is 3.32. The third-order valence-corrected chi connectivity index (χ3v) is 2.40. The van der Waals surface area contributed by atoms with Gasteiger partial charge in [-0.1, -0.05) is 0 Å². The van der Waals surface area contributed by atoms with Crippen molar-refractivity contribution in [2.24, 2.45) is 7.05 Å². The smallest absolute Gasteiger partial charge is 0.407 e. The quantitative estimate of drug-likeness (QED) is 0.863. The average molecular weight is 320 g/mol. The number of halogens is 1. The lowest BCUT2D eigenvalue weighted by atomic mass is 10.2. The highest BCUT2D eigenvalue weighted by atomic mass is 79.9. The van der Waals surface area contributed by atoms with E-state index in [4.69, 9.17) is 9.47 Å². The van der Waals surface area contributed by atoms with Crippen molar-refractivity contribution in [3.05, 3.63) is 10.7 Å².